The molecule has 3 nitrogen and oxygen atoms in total. The Labute approximate surface area is 105 Å². The van der Waals surface area contributed by atoms with Crippen molar-refractivity contribution in [3.63, 3.8) is 0 Å². The van der Waals surface area contributed by atoms with Gasteiger partial charge in [-0.2, -0.15) is 0 Å². The largest absolute Gasteiger partial charge is 0.278 e. The van der Waals surface area contributed by atoms with E-state index in [9.17, 15) is 4.79 Å². The van der Waals surface area contributed by atoms with E-state index in [2.05, 4.69) is 31.9 Å². The number of nitrogens with zero attached hydrogens (tertiary/aromatic N) is 1. The molecule has 0 N–H and O–H groups in total. The van der Waals surface area contributed by atoms with Gasteiger partial charge in [0.05, 0.1) is 18.7 Å². The van der Waals surface area contributed by atoms with Gasteiger partial charge >= 0.3 is 0 Å². The number of hydrogen-bond donors (Lipinski definition) is 0. The van der Waals surface area contributed by atoms with Gasteiger partial charge in [-0.15, -0.1) is 0 Å². The number of carbonyl (C=O) groups is 1. The number of carbonyl (C=O) groups excluding carboxylic acids is 1. The molecule has 80 valence electrons. The molecule has 1 saturated heterocycles. The lowest BCUT2D eigenvalue weighted by Gasteiger charge is -2.14. The van der Waals surface area contributed by atoms with Crippen molar-refractivity contribution in [2.24, 2.45) is 0 Å². The maximum atomic E-state index is 11.9. The minimum Gasteiger partial charge on any atom is -0.271 e. The zero-order valence-electron chi connectivity index (χ0n) is 7.87. The SMILES string of the molecule is O=C(c1ccc(Br)cc1Br)N1CCCO1. The van der Waals surface area contributed by atoms with E-state index in [0.717, 1.165) is 15.4 Å². The molecule has 0 unspecified atom stereocenters. The lowest BCUT2D eigenvalue weighted by atomic mass is 10.2. The molecular formula is C10H9Br2NO2. The van der Waals surface area contributed by atoms with E-state index in [1.165, 1.54) is 5.06 Å². The van der Waals surface area contributed by atoms with Gasteiger partial charge in [0.1, 0.15) is 0 Å². The van der Waals surface area contributed by atoms with E-state index in [1.807, 2.05) is 12.1 Å². The highest BCUT2D eigenvalue weighted by Gasteiger charge is 2.22. The number of amides is 1. The van der Waals surface area contributed by atoms with Crippen LogP contribution in [0.25, 0.3) is 0 Å². The summed E-state index contributed by atoms with van der Waals surface area (Å²) in [5, 5.41) is 1.41. The summed E-state index contributed by atoms with van der Waals surface area (Å²) in [4.78, 5) is 17.1. The first-order chi connectivity index (χ1) is 7.18. The van der Waals surface area contributed by atoms with Crippen molar-refractivity contribution in [1.29, 1.82) is 0 Å². The van der Waals surface area contributed by atoms with E-state index in [4.69, 9.17) is 4.84 Å². The van der Waals surface area contributed by atoms with Crippen LogP contribution in [0, 0.1) is 0 Å². The minimum absolute atomic E-state index is 0.0909. The molecule has 15 heavy (non-hydrogen) atoms. The van der Waals surface area contributed by atoms with Gasteiger partial charge in [0.15, 0.2) is 0 Å². The summed E-state index contributed by atoms with van der Waals surface area (Å²) in [5.74, 6) is -0.0909. The Morgan fingerprint density at radius 3 is 2.80 bits per heavy atom. The van der Waals surface area contributed by atoms with E-state index >= 15 is 0 Å². The molecule has 2 rings (SSSR count). The fourth-order valence-electron chi connectivity index (χ4n) is 1.40. The van der Waals surface area contributed by atoms with Crippen molar-refractivity contribution in [3.05, 3.63) is 32.7 Å². The molecule has 0 saturated carbocycles. The zero-order valence-corrected chi connectivity index (χ0v) is 11.0. The Kier molecular flexibility index (Phi) is 3.43. The van der Waals surface area contributed by atoms with Crippen molar-refractivity contribution < 1.29 is 9.63 Å². The highest BCUT2D eigenvalue weighted by atomic mass is 79.9. The Hall–Kier alpha value is -0.390. The maximum Gasteiger partial charge on any atom is 0.278 e. The van der Waals surface area contributed by atoms with Gasteiger partial charge in [-0.3, -0.25) is 9.63 Å². The summed E-state index contributed by atoms with van der Waals surface area (Å²) in [5.41, 5.74) is 0.625. The van der Waals surface area contributed by atoms with Crippen molar-refractivity contribution in [2.45, 2.75) is 6.42 Å². The smallest absolute Gasteiger partial charge is 0.271 e. The van der Waals surface area contributed by atoms with Gasteiger partial charge in [0, 0.05) is 8.95 Å². The fraction of sp³-hybridized carbons (Fsp3) is 0.300. The van der Waals surface area contributed by atoms with Gasteiger partial charge < -0.3 is 0 Å². The summed E-state index contributed by atoms with van der Waals surface area (Å²) in [6.07, 6.45) is 0.903. The molecular weight excluding hydrogens is 326 g/mol. The van der Waals surface area contributed by atoms with Crippen LogP contribution < -0.4 is 0 Å². The van der Waals surface area contributed by atoms with Crippen LogP contribution in [-0.2, 0) is 4.84 Å². The average Bonchev–Trinajstić information content (AvgIpc) is 2.69. The van der Waals surface area contributed by atoms with E-state index < -0.39 is 0 Å². The molecule has 0 radical (unpaired) electrons. The molecule has 1 aliphatic rings. The first-order valence-electron chi connectivity index (χ1n) is 4.58. The van der Waals surface area contributed by atoms with Crippen LogP contribution in [0.5, 0.6) is 0 Å². The van der Waals surface area contributed by atoms with E-state index in [0.29, 0.717) is 18.7 Å². The Balaban J connectivity index is 2.24. The molecule has 1 heterocycles. The molecule has 1 fully saturated rings. The second-order valence-electron chi connectivity index (χ2n) is 3.22. The van der Waals surface area contributed by atoms with Gasteiger partial charge in [-0.05, 0) is 40.5 Å². The first-order valence-corrected chi connectivity index (χ1v) is 6.17. The number of hydroxylamine groups is 2. The second kappa shape index (κ2) is 4.63. The lowest BCUT2D eigenvalue weighted by Crippen LogP contribution is -2.26. The molecule has 1 aromatic rings. The zero-order chi connectivity index (χ0) is 10.8. The van der Waals surface area contributed by atoms with Crippen molar-refractivity contribution in [3.8, 4) is 0 Å². The second-order valence-corrected chi connectivity index (χ2v) is 4.99. The topological polar surface area (TPSA) is 29.5 Å². The lowest BCUT2D eigenvalue weighted by molar-refractivity contribution is -0.0769. The Morgan fingerprint density at radius 2 is 2.20 bits per heavy atom. The molecule has 0 aromatic heterocycles. The molecule has 0 aliphatic carbocycles. The number of rotatable bonds is 1. The summed E-state index contributed by atoms with van der Waals surface area (Å²) >= 11 is 6.70. The van der Waals surface area contributed by atoms with Crippen LogP contribution in [0.2, 0.25) is 0 Å². The molecule has 1 aromatic carbocycles. The third-order valence-electron chi connectivity index (χ3n) is 2.14. The summed E-state index contributed by atoms with van der Waals surface area (Å²) in [7, 11) is 0. The van der Waals surface area contributed by atoms with E-state index in [1.54, 1.807) is 6.07 Å². The number of hydrogen-bond acceptors (Lipinski definition) is 2. The molecule has 5 heteroatoms. The van der Waals surface area contributed by atoms with Crippen LogP contribution in [0.3, 0.4) is 0 Å². The van der Waals surface area contributed by atoms with Gasteiger partial charge in [-0.25, -0.2) is 5.06 Å². The molecule has 1 aliphatic heterocycles. The van der Waals surface area contributed by atoms with E-state index in [-0.39, 0.29) is 5.91 Å². The average molecular weight is 335 g/mol. The first kappa shape index (κ1) is 11.1. The van der Waals surface area contributed by atoms with Crippen molar-refractivity contribution >= 4 is 37.8 Å². The highest BCUT2D eigenvalue weighted by molar-refractivity contribution is 9.11. The van der Waals surface area contributed by atoms with Crippen LogP contribution in [-0.4, -0.2) is 24.1 Å². The van der Waals surface area contributed by atoms with Crippen LogP contribution >= 0.6 is 31.9 Å². The number of halogens is 2. The predicted molar refractivity (Wildman–Crippen MR) is 63.4 cm³/mol. The van der Waals surface area contributed by atoms with Crippen LogP contribution in [0.1, 0.15) is 16.8 Å². The summed E-state index contributed by atoms with van der Waals surface area (Å²) in [6.45, 7) is 1.29. The summed E-state index contributed by atoms with van der Waals surface area (Å²) in [6, 6.07) is 5.47. The standard InChI is InChI=1S/C10H9Br2NO2/c11-7-2-3-8(9(12)6-7)10(14)13-4-1-5-15-13/h2-3,6H,1,4-5H2. The predicted octanol–water partition coefficient (Wildman–Crippen LogP) is 2.99. The van der Waals surface area contributed by atoms with Crippen LogP contribution in [0.15, 0.2) is 27.1 Å². The Morgan fingerprint density at radius 1 is 1.40 bits per heavy atom. The van der Waals surface area contributed by atoms with Crippen LogP contribution in [0.4, 0.5) is 0 Å². The molecule has 0 atom stereocenters. The fourth-order valence-corrected chi connectivity index (χ4v) is 2.62. The number of benzene rings is 1. The third-order valence-corrected chi connectivity index (χ3v) is 3.29. The minimum atomic E-state index is -0.0909. The van der Waals surface area contributed by atoms with Crippen molar-refractivity contribution in [2.75, 3.05) is 13.2 Å². The molecule has 0 spiro atoms. The summed E-state index contributed by atoms with van der Waals surface area (Å²) < 4.78 is 1.71. The molecule has 1 amide bonds. The normalized spacial score (nSPS) is 15.7. The van der Waals surface area contributed by atoms with Gasteiger partial charge in [0.25, 0.3) is 5.91 Å². The highest BCUT2D eigenvalue weighted by Crippen LogP contribution is 2.24. The van der Waals surface area contributed by atoms with Gasteiger partial charge in [-0.1, -0.05) is 15.9 Å². The van der Waals surface area contributed by atoms with Crippen molar-refractivity contribution in [1.82, 2.24) is 5.06 Å². The third kappa shape index (κ3) is 2.41. The maximum absolute atomic E-state index is 11.9. The Bertz CT molecular complexity index is 389. The molecule has 0 bridgehead atoms. The monoisotopic (exact) mass is 333 g/mol. The van der Waals surface area contributed by atoms with Gasteiger partial charge in [0.2, 0.25) is 0 Å². The quantitative estimate of drug-likeness (QED) is 0.790.